The molecule has 0 unspecified atom stereocenters. The molecule has 2 heterocycles. The van der Waals surface area contributed by atoms with Crippen LogP contribution in [0.4, 0.5) is 5.82 Å². The molecule has 0 aromatic carbocycles. The van der Waals surface area contributed by atoms with Crippen LogP contribution in [-0.2, 0) is 6.54 Å². The summed E-state index contributed by atoms with van der Waals surface area (Å²) in [5.41, 5.74) is 0.853. The van der Waals surface area contributed by atoms with Crippen LogP contribution in [0.1, 0.15) is 15.2 Å². The van der Waals surface area contributed by atoms with E-state index >= 15 is 0 Å². The number of aromatic nitrogens is 2. The molecule has 0 aliphatic carbocycles. The number of carbonyl (C=O) groups is 1. The van der Waals surface area contributed by atoms with E-state index in [2.05, 4.69) is 5.10 Å². The summed E-state index contributed by atoms with van der Waals surface area (Å²) in [7, 11) is 0. The van der Waals surface area contributed by atoms with Crippen molar-refractivity contribution in [1.29, 1.82) is 0 Å². The van der Waals surface area contributed by atoms with Gasteiger partial charge in [0.2, 0.25) is 0 Å². The third kappa shape index (κ3) is 2.51. The average molecular weight is 272 g/mol. The Balaban J connectivity index is 2.21. The van der Waals surface area contributed by atoms with Gasteiger partial charge in [-0.05, 0) is 21.9 Å². The summed E-state index contributed by atoms with van der Waals surface area (Å²) in [5, 5.41) is 16.1. The van der Waals surface area contributed by atoms with Gasteiger partial charge in [0.1, 0.15) is 0 Å². The summed E-state index contributed by atoms with van der Waals surface area (Å²) in [6.45, 7) is 0.345. The first-order valence-electron chi connectivity index (χ1n) is 4.50. The minimum absolute atomic E-state index is 0.000778. The molecule has 6 nitrogen and oxygen atoms in total. The molecule has 2 aromatic rings. The van der Waals surface area contributed by atoms with Crippen LogP contribution in [0, 0.1) is 10.1 Å². The lowest BCUT2D eigenvalue weighted by Gasteiger charge is -1.91. The van der Waals surface area contributed by atoms with Gasteiger partial charge in [-0.3, -0.25) is 4.79 Å². The Bertz CT molecular complexity index is 578. The van der Waals surface area contributed by atoms with Crippen molar-refractivity contribution in [3.63, 3.8) is 0 Å². The number of thiophene rings is 1. The number of hydrogen-bond acceptors (Lipinski definition) is 5. The maximum absolute atomic E-state index is 10.5. The highest BCUT2D eigenvalue weighted by molar-refractivity contribution is 7.11. The van der Waals surface area contributed by atoms with Crippen LogP contribution in [0.5, 0.6) is 0 Å². The Morgan fingerprint density at radius 1 is 1.65 bits per heavy atom. The Morgan fingerprint density at radius 2 is 2.41 bits per heavy atom. The molecule has 0 spiro atoms. The van der Waals surface area contributed by atoms with Crippen molar-refractivity contribution in [3.05, 3.63) is 43.2 Å². The van der Waals surface area contributed by atoms with Crippen LogP contribution in [0.2, 0.25) is 5.02 Å². The van der Waals surface area contributed by atoms with Gasteiger partial charge >= 0.3 is 5.82 Å². The van der Waals surface area contributed by atoms with E-state index < -0.39 is 4.92 Å². The molecule has 88 valence electrons. The van der Waals surface area contributed by atoms with Gasteiger partial charge in [0.05, 0.1) is 22.7 Å². The molecule has 0 saturated carbocycles. The van der Waals surface area contributed by atoms with Crippen molar-refractivity contribution in [3.8, 4) is 0 Å². The van der Waals surface area contributed by atoms with Crippen molar-refractivity contribution in [2.24, 2.45) is 0 Å². The number of hydrogen-bond donors (Lipinski definition) is 0. The van der Waals surface area contributed by atoms with Crippen LogP contribution in [0.25, 0.3) is 0 Å². The van der Waals surface area contributed by atoms with E-state index in [-0.39, 0.29) is 10.8 Å². The maximum Gasteiger partial charge on any atom is 0.408 e. The van der Waals surface area contributed by atoms with Gasteiger partial charge in [0, 0.05) is 0 Å². The predicted octanol–water partition coefficient (Wildman–Crippen LogP) is 2.37. The summed E-state index contributed by atoms with van der Waals surface area (Å²) in [6, 6.07) is 1.71. The van der Waals surface area contributed by atoms with E-state index in [0.29, 0.717) is 11.4 Å². The Morgan fingerprint density at radius 3 is 2.94 bits per heavy atom. The fraction of sp³-hybridized carbons (Fsp3) is 0.111. The van der Waals surface area contributed by atoms with Gasteiger partial charge in [-0.1, -0.05) is 11.6 Å². The van der Waals surface area contributed by atoms with Crippen LogP contribution in [0.15, 0.2) is 17.6 Å². The molecule has 0 aliphatic heterocycles. The highest BCUT2D eigenvalue weighted by Gasteiger charge is 2.19. The van der Waals surface area contributed by atoms with Gasteiger partial charge < -0.3 is 10.1 Å². The first-order valence-corrected chi connectivity index (χ1v) is 5.76. The molecular weight excluding hydrogens is 266 g/mol. The molecule has 0 bridgehead atoms. The fourth-order valence-electron chi connectivity index (χ4n) is 1.32. The van der Waals surface area contributed by atoms with Crippen LogP contribution in [-0.4, -0.2) is 21.0 Å². The molecule has 0 atom stereocenters. The second-order valence-corrected chi connectivity index (χ2v) is 4.58. The normalized spacial score (nSPS) is 10.4. The topological polar surface area (TPSA) is 78.0 Å². The third-order valence-corrected chi connectivity index (χ3v) is 3.18. The molecule has 2 aromatic heterocycles. The van der Waals surface area contributed by atoms with E-state index in [0.717, 1.165) is 11.8 Å². The average Bonchev–Trinajstić information content (AvgIpc) is 2.85. The van der Waals surface area contributed by atoms with E-state index in [1.54, 1.807) is 11.4 Å². The van der Waals surface area contributed by atoms with Crippen LogP contribution < -0.4 is 0 Å². The van der Waals surface area contributed by atoms with Crippen LogP contribution in [0.3, 0.4) is 0 Å². The highest BCUT2D eigenvalue weighted by atomic mass is 35.5. The Hall–Kier alpha value is -1.73. The maximum atomic E-state index is 10.5. The molecule has 0 fully saturated rings. The number of halogens is 1. The SMILES string of the molecule is O=Cc1cc(Cn2cc(Cl)c([N+](=O)[O-])n2)cs1. The van der Waals surface area contributed by atoms with Crippen molar-refractivity contribution < 1.29 is 9.72 Å². The highest BCUT2D eigenvalue weighted by Crippen LogP contribution is 2.22. The van der Waals surface area contributed by atoms with Crippen LogP contribution >= 0.6 is 22.9 Å². The quantitative estimate of drug-likeness (QED) is 0.486. The summed E-state index contributed by atoms with van der Waals surface area (Å²) in [6.07, 6.45) is 2.14. The minimum Gasteiger partial charge on any atom is -0.358 e. The third-order valence-electron chi connectivity index (χ3n) is 2.01. The largest absolute Gasteiger partial charge is 0.408 e. The van der Waals surface area contributed by atoms with Crippen molar-refractivity contribution in [2.75, 3.05) is 0 Å². The van der Waals surface area contributed by atoms with Gasteiger partial charge in [-0.25, -0.2) is 0 Å². The molecule has 0 amide bonds. The zero-order chi connectivity index (χ0) is 12.4. The van der Waals surface area contributed by atoms with Gasteiger partial charge in [0.15, 0.2) is 11.3 Å². The van der Waals surface area contributed by atoms with Crippen molar-refractivity contribution in [1.82, 2.24) is 9.78 Å². The van der Waals surface area contributed by atoms with Gasteiger partial charge in [-0.2, -0.15) is 4.68 Å². The lowest BCUT2D eigenvalue weighted by atomic mass is 10.3. The molecule has 17 heavy (non-hydrogen) atoms. The molecule has 0 saturated heterocycles. The number of nitro groups is 1. The fourth-order valence-corrected chi connectivity index (χ4v) is 2.24. The van der Waals surface area contributed by atoms with E-state index in [9.17, 15) is 14.9 Å². The van der Waals surface area contributed by atoms with E-state index in [1.807, 2.05) is 0 Å². The lowest BCUT2D eigenvalue weighted by molar-refractivity contribution is -0.389. The second kappa shape index (κ2) is 4.64. The molecule has 0 radical (unpaired) electrons. The van der Waals surface area contributed by atoms with Crippen molar-refractivity contribution >= 4 is 35.0 Å². The van der Waals surface area contributed by atoms with E-state index in [4.69, 9.17) is 11.6 Å². The Kier molecular flexibility index (Phi) is 3.21. The number of rotatable bonds is 4. The van der Waals surface area contributed by atoms with Gasteiger partial charge in [0.25, 0.3) is 0 Å². The Labute approximate surface area is 105 Å². The summed E-state index contributed by atoms with van der Waals surface area (Å²) < 4.78 is 1.37. The first-order chi connectivity index (χ1) is 8.10. The standard InChI is InChI=1S/C9H6ClN3O3S/c10-8-3-12(11-9(8)13(15)16)2-6-1-7(4-14)17-5-6/h1,3-5H,2H2. The lowest BCUT2D eigenvalue weighted by Crippen LogP contribution is -2.00. The molecule has 0 aliphatic rings. The number of carbonyl (C=O) groups excluding carboxylic acids is 1. The monoisotopic (exact) mass is 271 g/mol. The van der Waals surface area contributed by atoms with Gasteiger partial charge in [-0.15, -0.1) is 11.3 Å². The van der Waals surface area contributed by atoms with E-state index in [1.165, 1.54) is 22.2 Å². The smallest absolute Gasteiger partial charge is 0.358 e. The number of nitrogens with zero attached hydrogens (tertiary/aromatic N) is 3. The number of aldehydes is 1. The second-order valence-electron chi connectivity index (χ2n) is 3.23. The first kappa shape index (κ1) is 11.7. The molecule has 2 rings (SSSR count). The molecule has 8 heteroatoms. The molecular formula is C9H6ClN3O3S. The van der Waals surface area contributed by atoms with Crippen molar-refractivity contribution in [2.45, 2.75) is 6.54 Å². The minimum atomic E-state index is -0.636. The molecule has 0 N–H and O–H groups in total. The zero-order valence-corrected chi connectivity index (χ0v) is 9.94. The summed E-state index contributed by atoms with van der Waals surface area (Å²) in [5.74, 6) is -0.363. The predicted molar refractivity (Wildman–Crippen MR) is 62.7 cm³/mol. The zero-order valence-electron chi connectivity index (χ0n) is 8.37. The summed E-state index contributed by atoms with van der Waals surface area (Å²) in [4.78, 5) is 21.0. The summed E-state index contributed by atoms with van der Waals surface area (Å²) >= 11 is 6.97.